The van der Waals surface area contributed by atoms with Crippen LogP contribution in [0.3, 0.4) is 0 Å². The lowest BCUT2D eigenvalue weighted by molar-refractivity contribution is -0.179. The fourth-order valence-electron chi connectivity index (χ4n) is 1.77. The molecule has 0 aromatic heterocycles. The molecule has 2 saturated heterocycles. The Balaban J connectivity index is 1.89. The van der Waals surface area contributed by atoms with E-state index in [9.17, 15) is 4.79 Å². The van der Waals surface area contributed by atoms with E-state index in [1.54, 1.807) is 0 Å². The SMILES string of the molecule is CC1CCC(C(=O)N2CCCO2)O1. The number of amides is 1. The summed E-state index contributed by atoms with van der Waals surface area (Å²) in [6.45, 7) is 3.37. The molecule has 0 saturated carbocycles. The highest BCUT2D eigenvalue weighted by molar-refractivity contribution is 5.80. The Morgan fingerprint density at radius 2 is 2.31 bits per heavy atom. The molecule has 0 spiro atoms. The number of rotatable bonds is 1. The highest BCUT2D eigenvalue weighted by Crippen LogP contribution is 2.22. The lowest BCUT2D eigenvalue weighted by Gasteiger charge is -2.18. The summed E-state index contributed by atoms with van der Waals surface area (Å²) in [4.78, 5) is 16.8. The van der Waals surface area contributed by atoms with Crippen LogP contribution >= 0.6 is 0 Å². The van der Waals surface area contributed by atoms with E-state index < -0.39 is 0 Å². The second-order valence-electron chi connectivity index (χ2n) is 3.64. The van der Waals surface area contributed by atoms with E-state index in [1.807, 2.05) is 6.92 Å². The number of carbonyl (C=O) groups is 1. The van der Waals surface area contributed by atoms with E-state index in [0.717, 1.165) is 19.3 Å². The molecule has 2 atom stereocenters. The van der Waals surface area contributed by atoms with Crippen molar-refractivity contribution in [2.45, 2.75) is 38.4 Å². The van der Waals surface area contributed by atoms with Gasteiger partial charge < -0.3 is 4.74 Å². The Bertz CT molecular complexity index is 201. The van der Waals surface area contributed by atoms with Crippen molar-refractivity contribution in [2.75, 3.05) is 13.2 Å². The van der Waals surface area contributed by atoms with Gasteiger partial charge in [-0.1, -0.05) is 0 Å². The molecule has 2 unspecified atom stereocenters. The molecule has 0 bridgehead atoms. The van der Waals surface area contributed by atoms with Gasteiger partial charge in [0.2, 0.25) is 0 Å². The van der Waals surface area contributed by atoms with Crippen LogP contribution in [-0.2, 0) is 14.4 Å². The van der Waals surface area contributed by atoms with Gasteiger partial charge in [0.15, 0.2) is 0 Å². The van der Waals surface area contributed by atoms with E-state index in [4.69, 9.17) is 9.57 Å². The van der Waals surface area contributed by atoms with E-state index >= 15 is 0 Å². The number of nitrogens with zero attached hydrogens (tertiary/aromatic N) is 1. The molecule has 2 rings (SSSR count). The van der Waals surface area contributed by atoms with Crippen LogP contribution in [-0.4, -0.2) is 36.3 Å². The highest BCUT2D eigenvalue weighted by Gasteiger charge is 2.33. The number of hydrogen-bond acceptors (Lipinski definition) is 3. The van der Waals surface area contributed by atoms with E-state index in [-0.39, 0.29) is 18.1 Å². The van der Waals surface area contributed by atoms with E-state index in [0.29, 0.717) is 13.2 Å². The molecule has 0 radical (unpaired) electrons. The Morgan fingerprint density at radius 3 is 2.85 bits per heavy atom. The zero-order valence-electron chi connectivity index (χ0n) is 7.86. The van der Waals surface area contributed by atoms with E-state index in [1.165, 1.54) is 5.06 Å². The lowest BCUT2D eigenvalue weighted by Crippen LogP contribution is -2.36. The summed E-state index contributed by atoms with van der Waals surface area (Å²) in [5.74, 6) is 0.00171. The molecular weight excluding hydrogens is 170 g/mol. The van der Waals surface area contributed by atoms with Gasteiger partial charge in [0.25, 0.3) is 5.91 Å². The maximum Gasteiger partial charge on any atom is 0.275 e. The molecule has 2 heterocycles. The molecule has 4 nitrogen and oxygen atoms in total. The smallest absolute Gasteiger partial charge is 0.275 e. The van der Waals surface area contributed by atoms with Gasteiger partial charge in [0.1, 0.15) is 6.10 Å². The summed E-state index contributed by atoms with van der Waals surface area (Å²) in [5, 5.41) is 1.45. The summed E-state index contributed by atoms with van der Waals surface area (Å²) in [5.41, 5.74) is 0. The fraction of sp³-hybridized carbons (Fsp3) is 0.889. The zero-order chi connectivity index (χ0) is 9.26. The van der Waals surface area contributed by atoms with Crippen molar-refractivity contribution in [1.29, 1.82) is 0 Å². The van der Waals surface area contributed by atoms with Crippen molar-refractivity contribution < 1.29 is 14.4 Å². The second-order valence-corrected chi connectivity index (χ2v) is 3.64. The first-order valence-corrected chi connectivity index (χ1v) is 4.87. The Labute approximate surface area is 77.7 Å². The number of hydroxylamine groups is 2. The summed E-state index contributed by atoms with van der Waals surface area (Å²) in [7, 11) is 0. The maximum absolute atomic E-state index is 11.7. The molecule has 2 aliphatic heterocycles. The quantitative estimate of drug-likeness (QED) is 0.604. The monoisotopic (exact) mass is 185 g/mol. The van der Waals surface area contributed by atoms with Crippen LogP contribution in [0.25, 0.3) is 0 Å². The molecule has 1 amide bonds. The van der Waals surface area contributed by atoms with Crippen molar-refractivity contribution in [3.8, 4) is 0 Å². The van der Waals surface area contributed by atoms with Gasteiger partial charge in [-0.15, -0.1) is 0 Å². The van der Waals surface area contributed by atoms with Crippen LogP contribution in [0.4, 0.5) is 0 Å². The summed E-state index contributed by atoms with van der Waals surface area (Å²) in [6, 6.07) is 0. The predicted molar refractivity (Wildman–Crippen MR) is 45.9 cm³/mol. The third-order valence-electron chi connectivity index (χ3n) is 2.51. The Hall–Kier alpha value is -0.610. The van der Waals surface area contributed by atoms with Gasteiger partial charge in [0, 0.05) is 0 Å². The van der Waals surface area contributed by atoms with Crippen LogP contribution in [0.5, 0.6) is 0 Å². The predicted octanol–water partition coefficient (Wildman–Crippen LogP) is 0.718. The molecule has 2 aliphatic rings. The molecule has 0 aliphatic carbocycles. The van der Waals surface area contributed by atoms with Crippen LogP contribution in [0.15, 0.2) is 0 Å². The Morgan fingerprint density at radius 1 is 1.46 bits per heavy atom. The number of ether oxygens (including phenoxy) is 1. The van der Waals surface area contributed by atoms with Gasteiger partial charge in [-0.3, -0.25) is 9.63 Å². The van der Waals surface area contributed by atoms with Crippen molar-refractivity contribution in [3.05, 3.63) is 0 Å². The van der Waals surface area contributed by atoms with Crippen LogP contribution in [0.2, 0.25) is 0 Å². The highest BCUT2D eigenvalue weighted by atomic mass is 16.7. The standard InChI is InChI=1S/C9H15NO3/c1-7-3-4-8(13-7)9(11)10-5-2-6-12-10/h7-8H,2-6H2,1H3. The van der Waals surface area contributed by atoms with Gasteiger partial charge in [-0.2, -0.15) is 0 Å². The Kier molecular flexibility index (Phi) is 2.51. The van der Waals surface area contributed by atoms with Crippen LogP contribution < -0.4 is 0 Å². The fourth-order valence-corrected chi connectivity index (χ4v) is 1.77. The minimum absolute atomic E-state index is 0.00171. The molecule has 0 aromatic carbocycles. The molecule has 2 fully saturated rings. The molecular formula is C9H15NO3. The van der Waals surface area contributed by atoms with Crippen molar-refractivity contribution in [1.82, 2.24) is 5.06 Å². The molecule has 0 N–H and O–H groups in total. The molecule has 4 heteroatoms. The molecule has 13 heavy (non-hydrogen) atoms. The normalized spacial score (nSPS) is 34.1. The first kappa shape index (κ1) is 8.97. The van der Waals surface area contributed by atoms with Crippen LogP contribution in [0.1, 0.15) is 26.2 Å². The summed E-state index contributed by atoms with van der Waals surface area (Å²) >= 11 is 0. The van der Waals surface area contributed by atoms with Crippen molar-refractivity contribution in [2.24, 2.45) is 0 Å². The minimum atomic E-state index is -0.256. The molecule has 74 valence electrons. The number of hydrogen-bond donors (Lipinski definition) is 0. The number of carbonyl (C=O) groups excluding carboxylic acids is 1. The average Bonchev–Trinajstić information content (AvgIpc) is 2.72. The molecule has 0 aromatic rings. The van der Waals surface area contributed by atoms with Crippen molar-refractivity contribution >= 4 is 5.91 Å². The maximum atomic E-state index is 11.7. The first-order valence-electron chi connectivity index (χ1n) is 4.87. The lowest BCUT2D eigenvalue weighted by atomic mass is 10.2. The zero-order valence-corrected chi connectivity index (χ0v) is 7.86. The third-order valence-corrected chi connectivity index (χ3v) is 2.51. The van der Waals surface area contributed by atoms with Gasteiger partial charge in [-0.25, -0.2) is 5.06 Å². The largest absolute Gasteiger partial charge is 0.365 e. The third kappa shape index (κ3) is 1.84. The summed E-state index contributed by atoms with van der Waals surface area (Å²) in [6.07, 6.45) is 2.71. The topological polar surface area (TPSA) is 38.8 Å². The average molecular weight is 185 g/mol. The summed E-state index contributed by atoms with van der Waals surface area (Å²) < 4.78 is 5.46. The van der Waals surface area contributed by atoms with Gasteiger partial charge in [-0.05, 0) is 26.2 Å². The van der Waals surface area contributed by atoms with Crippen LogP contribution in [0, 0.1) is 0 Å². The first-order chi connectivity index (χ1) is 6.27. The van der Waals surface area contributed by atoms with E-state index in [2.05, 4.69) is 0 Å². The van der Waals surface area contributed by atoms with Gasteiger partial charge >= 0.3 is 0 Å². The van der Waals surface area contributed by atoms with Gasteiger partial charge in [0.05, 0.1) is 19.3 Å². The minimum Gasteiger partial charge on any atom is -0.365 e. The second kappa shape index (κ2) is 3.64. The van der Waals surface area contributed by atoms with Crippen molar-refractivity contribution in [3.63, 3.8) is 0 Å².